The average molecular weight is 543 g/mol. The summed E-state index contributed by atoms with van der Waals surface area (Å²) in [5.41, 5.74) is 1.44. The second-order valence-electron chi connectivity index (χ2n) is 8.70. The molecule has 1 aliphatic rings. The number of benzene rings is 1. The predicted octanol–water partition coefficient (Wildman–Crippen LogP) is 3.60. The van der Waals surface area contributed by atoms with Crippen LogP contribution in [0.2, 0.25) is 0 Å². The summed E-state index contributed by atoms with van der Waals surface area (Å²) in [6.07, 6.45) is -1.55. The SMILES string of the molecule is COc1ccc(CNC(=O)N(C)CC2CCN(CC(=O)c3ccc(F)cc3)CC2)cn1.O=C(O)C(F)(F)F. The van der Waals surface area contributed by atoms with E-state index in [9.17, 15) is 27.2 Å². The van der Waals surface area contributed by atoms with Gasteiger partial charge >= 0.3 is 18.2 Å². The molecule has 2 amide bonds. The number of nitrogens with one attached hydrogen (secondary N) is 1. The number of likely N-dealkylation sites (tertiary alicyclic amines) is 1. The monoisotopic (exact) mass is 542 g/mol. The van der Waals surface area contributed by atoms with Crippen molar-refractivity contribution in [3.8, 4) is 5.88 Å². The Morgan fingerprint density at radius 3 is 2.24 bits per heavy atom. The van der Waals surface area contributed by atoms with Crippen LogP contribution in [-0.2, 0) is 11.3 Å². The molecule has 2 N–H and O–H groups in total. The maximum absolute atomic E-state index is 13.0. The Hall–Kier alpha value is -3.74. The number of amides is 2. The van der Waals surface area contributed by atoms with Gasteiger partial charge in [0.25, 0.3) is 0 Å². The van der Waals surface area contributed by atoms with E-state index in [-0.39, 0.29) is 17.6 Å². The van der Waals surface area contributed by atoms with E-state index in [1.165, 1.54) is 24.3 Å². The largest absolute Gasteiger partial charge is 0.490 e. The van der Waals surface area contributed by atoms with Crippen LogP contribution in [0.25, 0.3) is 0 Å². The number of alkyl halides is 3. The fourth-order valence-electron chi connectivity index (χ4n) is 3.68. The number of ether oxygens (including phenoxy) is 1. The van der Waals surface area contributed by atoms with Gasteiger partial charge in [-0.25, -0.2) is 19.0 Å². The third-order valence-electron chi connectivity index (χ3n) is 5.81. The topological polar surface area (TPSA) is 112 Å². The zero-order valence-electron chi connectivity index (χ0n) is 21.0. The van der Waals surface area contributed by atoms with E-state index in [1.54, 1.807) is 31.3 Å². The Morgan fingerprint density at radius 1 is 1.13 bits per heavy atom. The van der Waals surface area contributed by atoms with Gasteiger partial charge in [-0.3, -0.25) is 9.69 Å². The van der Waals surface area contributed by atoms with Gasteiger partial charge in [-0.2, -0.15) is 13.2 Å². The molecule has 0 unspecified atom stereocenters. The molecule has 2 heterocycles. The summed E-state index contributed by atoms with van der Waals surface area (Å²) in [5, 5.41) is 10.0. The number of aromatic nitrogens is 1. The van der Waals surface area contributed by atoms with Crippen LogP contribution in [0.4, 0.5) is 22.4 Å². The van der Waals surface area contributed by atoms with E-state index in [1.807, 2.05) is 6.07 Å². The van der Waals surface area contributed by atoms with Crippen LogP contribution >= 0.6 is 0 Å². The predicted molar refractivity (Wildman–Crippen MR) is 129 cm³/mol. The molecule has 1 aromatic carbocycles. The molecule has 3 rings (SSSR count). The fraction of sp³-hybridized carbons (Fsp3) is 0.440. The highest BCUT2D eigenvalue weighted by Crippen LogP contribution is 2.19. The number of carboxylic acids is 1. The van der Waals surface area contributed by atoms with Crippen molar-refractivity contribution in [3.05, 3.63) is 59.5 Å². The first-order valence-corrected chi connectivity index (χ1v) is 11.7. The number of hydrogen-bond donors (Lipinski definition) is 2. The molecule has 1 saturated heterocycles. The summed E-state index contributed by atoms with van der Waals surface area (Å²) < 4.78 is 49.8. The molecule has 9 nitrogen and oxygen atoms in total. The normalized spacial score (nSPS) is 14.2. The summed E-state index contributed by atoms with van der Waals surface area (Å²) in [6, 6.07) is 9.19. The molecule has 38 heavy (non-hydrogen) atoms. The molecule has 0 atom stereocenters. The minimum Gasteiger partial charge on any atom is -0.481 e. The van der Waals surface area contributed by atoms with Crippen molar-refractivity contribution < 1.29 is 41.8 Å². The first-order chi connectivity index (χ1) is 17.9. The third kappa shape index (κ3) is 10.3. The van der Waals surface area contributed by atoms with Crippen LogP contribution in [0.3, 0.4) is 0 Å². The van der Waals surface area contributed by atoms with Gasteiger partial charge in [0.15, 0.2) is 5.78 Å². The number of nitrogens with zero attached hydrogens (tertiary/aromatic N) is 3. The van der Waals surface area contributed by atoms with Crippen LogP contribution in [0, 0.1) is 11.7 Å². The maximum Gasteiger partial charge on any atom is 0.490 e. The molecule has 1 aromatic heterocycles. The van der Waals surface area contributed by atoms with Crippen LogP contribution in [0.15, 0.2) is 42.6 Å². The van der Waals surface area contributed by atoms with Crippen molar-refractivity contribution in [2.24, 2.45) is 5.92 Å². The number of halogens is 4. The van der Waals surface area contributed by atoms with Gasteiger partial charge in [-0.15, -0.1) is 0 Å². The Kier molecular flexibility index (Phi) is 11.4. The molecule has 0 spiro atoms. The number of rotatable bonds is 8. The van der Waals surface area contributed by atoms with Gasteiger partial charge in [0.2, 0.25) is 5.88 Å². The Balaban J connectivity index is 0.000000638. The van der Waals surface area contributed by atoms with Crippen LogP contribution in [-0.4, -0.2) is 84.2 Å². The van der Waals surface area contributed by atoms with E-state index >= 15 is 0 Å². The van der Waals surface area contributed by atoms with E-state index in [0.29, 0.717) is 37.0 Å². The first kappa shape index (κ1) is 30.5. The number of ketones is 1. The number of methoxy groups -OCH3 is 1. The van der Waals surface area contributed by atoms with Gasteiger partial charge in [-0.1, -0.05) is 6.07 Å². The standard InChI is InChI=1S/C23H29FN4O3.C2HF3O2/c1-27(23(30)26-14-18-3-8-22(31-2)25-13-18)15-17-9-11-28(12-10-17)16-21(29)19-4-6-20(24)7-5-19;3-2(4,5)1(6)7/h3-8,13,17H,9-12,14-16H2,1-2H3,(H,26,30);(H,6,7). The van der Waals surface area contributed by atoms with E-state index in [0.717, 1.165) is 31.5 Å². The molecule has 1 aliphatic heterocycles. The highest BCUT2D eigenvalue weighted by atomic mass is 19.4. The van der Waals surface area contributed by atoms with E-state index in [4.69, 9.17) is 14.6 Å². The van der Waals surface area contributed by atoms with E-state index in [2.05, 4.69) is 15.2 Å². The molecule has 13 heteroatoms. The van der Waals surface area contributed by atoms with Gasteiger partial charge in [0.05, 0.1) is 13.7 Å². The Morgan fingerprint density at radius 2 is 1.74 bits per heavy atom. The number of urea groups is 1. The zero-order valence-corrected chi connectivity index (χ0v) is 21.0. The second kappa shape index (κ2) is 14.3. The molecular formula is C25H30F4N4O5. The minimum atomic E-state index is -5.08. The number of carbonyl (C=O) groups is 3. The Labute approximate surface area is 217 Å². The Bertz CT molecular complexity index is 1060. The molecule has 0 radical (unpaired) electrons. The molecule has 1 fully saturated rings. The fourth-order valence-corrected chi connectivity index (χ4v) is 3.68. The number of Topliss-reactive ketones (excluding diaryl/α,β-unsaturated/α-hetero) is 1. The molecule has 0 aliphatic carbocycles. The summed E-state index contributed by atoms with van der Waals surface area (Å²) in [5.74, 6) is -2.16. The minimum absolute atomic E-state index is 0.00275. The molecule has 0 bridgehead atoms. The number of pyridine rings is 1. The lowest BCUT2D eigenvalue weighted by Gasteiger charge is -2.33. The molecule has 2 aromatic rings. The summed E-state index contributed by atoms with van der Waals surface area (Å²) in [6.45, 7) is 3.04. The van der Waals surface area contributed by atoms with Crippen molar-refractivity contribution in [1.29, 1.82) is 0 Å². The summed E-state index contributed by atoms with van der Waals surface area (Å²) >= 11 is 0. The quantitative estimate of drug-likeness (QED) is 0.387. The molecule has 0 saturated carbocycles. The van der Waals surface area contributed by atoms with Crippen LogP contribution < -0.4 is 10.1 Å². The lowest BCUT2D eigenvalue weighted by molar-refractivity contribution is -0.192. The van der Waals surface area contributed by atoms with Crippen LogP contribution in [0.5, 0.6) is 5.88 Å². The van der Waals surface area contributed by atoms with Crippen molar-refractivity contribution in [2.75, 3.05) is 40.3 Å². The summed E-state index contributed by atoms with van der Waals surface area (Å²) in [4.78, 5) is 41.6. The van der Waals surface area contributed by atoms with Gasteiger partial charge in [-0.05, 0) is 61.7 Å². The molecular weight excluding hydrogens is 512 g/mol. The van der Waals surface area contributed by atoms with Crippen LogP contribution in [0.1, 0.15) is 28.8 Å². The highest BCUT2D eigenvalue weighted by molar-refractivity contribution is 5.97. The van der Waals surface area contributed by atoms with Crippen molar-refractivity contribution in [2.45, 2.75) is 25.6 Å². The highest BCUT2D eigenvalue weighted by Gasteiger charge is 2.38. The number of aliphatic carboxylic acids is 1. The lowest BCUT2D eigenvalue weighted by Crippen LogP contribution is -2.43. The number of carboxylic acid groups (broad SMARTS) is 1. The van der Waals surface area contributed by atoms with Crippen molar-refractivity contribution >= 4 is 17.8 Å². The van der Waals surface area contributed by atoms with Gasteiger partial charge in [0.1, 0.15) is 5.82 Å². The average Bonchev–Trinajstić information content (AvgIpc) is 2.88. The number of hydrogen-bond acceptors (Lipinski definition) is 6. The third-order valence-corrected chi connectivity index (χ3v) is 5.81. The molecule has 208 valence electrons. The smallest absolute Gasteiger partial charge is 0.481 e. The second-order valence-corrected chi connectivity index (χ2v) is 8.70. The number of piperidine rings is 1. The first-order valence-electron chi connectivity index (χ1n) is 11.7. The number of carbonyl (C=O) groups excluding carboxylic acids is 2. The van der Waals surface area contributed by atoms with Gasteiger partial charge < -0.3 is 20.1 Å². The zero-order chi connectivity index (χ0) is 28.3. The van der Waals surface area contributed by atoms with Crippen molar-refractivity contribution in [1.82, 2.24) is 20.1 Å². The van der Waals surface area contributed by atoms with Gasteiger partial charge in [0, 0.05) is 38.0 Å². The lowest BCUT2D eigenvalue weighted by atomic mass is 9.96. The van der Waals surface area contributed by atoms with E-state index < -0.39 is 12.1 Å². The van der Waals surface area contributed by atoms with Crippen molar-refractivity contribution in [3.63, 3.8) is 0 Å². The summed E-state index contributed by atoms with van der Waals surface area (Å²) in [7, 11) is 3.36. The maximum atomic E-state index is 13.0.